The molecule has 29 heavy (non-hydrogen) atoms. The van der Waals surface area contributed by atoms with Gasteiger partial charge in [-0.25, -0.2) is 9.59 Å². The molecule has 0 aliphatic heterocycles. The summed E-state index contributed by atoms with van der Waals surface area (Å²) >= 11 is 0. The van der Waals surface area contributed by atoms with Gasteiger partial charge in [0.25, 0.3) is 0 Å². The first-order valence-electron chi connectivity index (χ1n) is 9.39. The van der Waals surface area contributed by atoms with Crippen molar-refractivity contribution >= 4 is 17.7 Å². The van der Waals surface area contributed by atoms with Gasteiger partial charge in [0, 0.05) is 5.69 Å². The van der Waals surface area contributed by atoms with E-state index in [4.69, 9.17) is 14.2 Å². The number of carbonyl (C=O) groups excluding carboxylic acids is 3. The minimum absolute atomic E-state index is 0.216. The summed E-state index contributed by atoms with van der Waals surface area (Å²) in [4.78, 5) is 39.5. The predicted octanol–water partition coefficient (Wildman–Crippen LogP) is 3.73. The molecule has 0 saturated carbocycles. The zero-order valence-electron chi connectivity index (χ0n) is 17.6. The third-order valence-electron chi connectivity index (χ3n) is 4.65. The molecule has 1 aromatic heterocycles. The van der Waals surface area contributed by atoms with Crippen molar-refractivity contribution in [1.29, 1.82) is 0 Å². The number of nitrogens with one attached hydrogen (secondary N) is 1. The van der Waals surface area contributed by atoms with E-state index in [1.807, 2.05) is 12.1 Å². The Balaban J connectivity index is 1.97. The van der Waals surface area contributed by atoms with Crippen molar-refractivity contribution in [3.63, 3.8) is 0 Å². The summed E-state index contributed by atoms with van der Waals surface area (Å²) in [5.74, 6) is -0.676. The first kappa shape index (κ1) is 22.2. The van der Waals surface area contributed by atoms with Gasteiger partial charge in [-0.3, -0.25) is 4.79 Å². The lowest BCUT2D eigenvalue weighted by Gasteiger charge is -2.13. The average molecular weight is 401 g/mol. The number of esters is 2. The smallest absolute Gasteiger partial charge is 0.344 e. The van der Waals surface area contributed by atoms with Crippen LogP contribution in [-0.2, 0) is 14.3 Å². The first-order valence-corrected chi connectivity index (χ1v) is 9.39. The Hall–Kier alpha value is -3.09. The lowest BCUT2D eigenvalue weighted by molar-refractivity contribution is -0.148. The minimum Gasteiger partial charge on any atom is -0.482 e. The van der Waals surface area contributed by atoms with Crippen molar-refractivity contribution in [2.45, 2.75) is 46.6 Å². The number of ketones is 1. The molecule has 1 N–H and O–H groups in total. The van der Waals surface area contributed by atoms with Crippen LogP contribution in [0.15, 0.2) is 24.3 Å². The highest BCUT2D eigenvalue weighted by atomic mass is 16.6. The first-order chi connectivity index (χ1) is 13.6. The van der Waals surface area contributed by atoms with Gasteiger partial charge in [0.2, 0.25) is 5.78 Å². The van der Waals surface area contributed by atoms with Crippen LogP contribution in [0.4, 0.5) is 0 Å². The number of rotatable bonds is 8. The molecule has 0 aliphatic carbocycles. The van der Waals surface area contributed by atoms with Crippen LogP contribution in [0, 0.1) is 13.8 Å². The molecule has 0 spiro atoms. The van der Waals surface area contributed by atoms with Gasteiger partial charge in [0.15, 0.2) is 12.7 Å². The fourth-order valence-electron chi connectivity index (χ4n) is 2.98. The Morgan fingerprint density at radius 1 is 1.03 bits per heavy atom. The maximum atomic E-state index is 12.7. The molecule has 2 rings (SSSR count). The Morgan fingerprint density at radius 3 is 2.21 bits per heavy atom. The maximum absolute atomic E-state index is 12.7. The monoisotopic (exact) mass is 401 g/mol. The zero-order valence-corrected chi connectivity index (χ0v) is 17.6. The van der Waals surface area contributed by atoms with Crippen LogP contribution in [0.2, 0.25) is 0 Å². The van der Waals surface area contributed by atoms with Gasteiger partial charge in [-0.15, -0.1) is 0 Å². The fourth-order valence-corrected chi connectivity index (χ4v) is 2.98. The lowest BCUT2D eigenvalue weighted by atomic mass is 10.0. The van der Waals surface area contributed by atoms with Crippen molar-refractivity contribution in [2.24, 2.45) is 0 Å². The highest BCUT2D eigenvalue weighted by Gasteiger charge is 2.27. The van der Waals surface area contributed by atoms with Crippen molar-refractivity contribution in [3.8, 4) is 5.75 Å². The van der Waals surface area contributed by atoms with Gasteiger partial charge in [0.05, 0.1) is 18.4 Å². The molecular weight excluding hydrogens is 374 g/mol. The summed E-state index contributed by atoms with van der Waals surface area (Å²) < 4.78 is 15.4. The van der Waals surface area contributed by atoms with Gasteiger partial charge in [-0.1, -0.05) is 26.0 Å². The number of benzene rings is 1. The summed E-state index contributed by atoms with van der Waals surface area (Å²) in [5.41, 5.74) is 2.67. The van der Waals surface area contributed by atoms with E-state index in [0.717, 1.165) is 0 Å². The molecule has 1 atom stereocenters. The second kappa shape index (κ2) is 9.41. The molecule has 0 bridgehead atoms. The van der Waals surface area contributed by atoms with E-state index >= 15 is 0 Å². The summed E-state index contributed by atoms with van der Waals surface area (Å²) in [5, 5.41) is 0. The summed E-state index contributed by atoms with van der Waals surface area (Å²) in [6.07, 6.45) is -1.03. The molecule has 2 aromatic rings. The Morgan fingerprint density at radius 2 is 1.66 bits per heavy atom. The zero-order chi connectivity index (χ0) is 21.7. The predicted molar refractivity (Wildman–Crippen MR) is 108 cm³/mol. The van der Waals surface area contributed by atoms with Gasteiger partial charge >= 0.3 is 11.9 Å². The van der Waals surface area contributed by atoms with E-state index in [-0.39, 0.29) is 12.3 Å². The van der Waals surface area contributed by atoms with E-state index < -0.39 is 23.8 Å². The molecule has 0 amide bonds. The van der Waals surface area contributed by atoms with Crippen LogP contribution >= 0.6 is 0 Å². The molecule has 1 aromatic carbocycles. The number of hydrogen-bond acceptors (Lipinski definition) is 6. The second-order valence-corrected chi connectivity index (χ2v) is 7.13. The van der Waals surface area contributed by atoms with Gasteiger partial charge in [0.1, 0.15) is 5.75 Å². The fraction of sp³-hybridized carbons (Fsp3) is 0.409. The van der Waals surface area contributed by atoms with E-state index in [1.165, 1.54) is 19.6 Å². The second-order valence-electron chi connectivity index (χ2n) is 7.13. The highest BCUT2D eigenvalue weighted by molar-refractivity contribution is 6.03. The van der Waals surface area contributed by atoms with Crippen LogP contribution in [0.3, 0.4) is 0 Å². The molecule has 7 heteroatoms. The van der Waals surface area contributed by atoms with Crippen molar-refractivity contribution in [1.82, 2.24) is 4.98 Å². The van der Waals surface area contributed by atoms with Crippen molar-refractivity contribution in [3.05, 3.63) is 52.3 Å². The molecule has 0 radical (unpaired) electrons. The number of ether oxygens (including phenoxy) is 3. The van der Waals surface area contributed by atoms with Crippen LogP contribution in [0.25, 0.3) is 0 Å². The molecular formula is C22H27NO6. The number of aryl methyl sites for hydroxylation is 1. The quantitative estimate of drug-likeness (QED) is 0.535. The highest BCUT2D eigenvalue weighted by Crippen LogP contribution is 2.21. The minimum atomic E-state index is -1.03. The largest absolute Gasteiger partial charge is 0.482 e. The number of carbonyl (C=O) groups is 3. The van der Waals surface area contributed by atoms with Crippen molar-refractivity contribution < 1.29 is 28.6 Å². The molecule has 7 nitrogen and oxygen atoms in total. The number of hydrogen-bond donors (Lipinski definition) is 1. The molecule has 0 saturated heterocycles. The Labute approximate surface area is 170 Å². The SMILES string of the molecule is COC(=O)c1c(C)[nH]c(C(=O)[C@@H](C)OC(=O)COc2ccc(C(C)C)cc2)c1C. The standard InChI is InChI=1S/C22H27NO6/c1-12(2)16-7-9-17(10-8-16)28-11-18(24)29-15(5)21(25)20-13(3)19(14(4)23-20)22(26)27-6/h7-10,12,15,23H,11H2,1-6H3/t15-/m1/s1. The van der Waals surface area contributed by atoms with E-state index in [9.17, 15) is 14.4 Å². The average Bonchev–Trinajstić information content (AvgIpc) is 2.99. The normalized spacial score (nSPS) is 11.8. The number of aromatic nitrogens is 1. The van der Waals surface area contributed by atoms with Crippen LogP contribution < -0.4 is 4.74 Å². The number of Topliss-reactive ketones (excluding diaryl/α,β-unsaturated/α-hetero) is 1. The summed E-state index contributed by atoms with van der Waals surface area (Å²) in [7, 11) is 1.27. The number of methoxy groups -OCH3 is 1. The molecule has 0 aliphatic rings. The third-order valence-corrected chi connectivity index (χ3v) is 4.65. The molecule has 0 unspecified atom stereocenters. The number of aromatic amines is 1. The lowest BCUT2D eigenvalue weighted by Crippen LogP contribution is -2.28. The Kier molecular flexibility index (Phi) is 7.20. The van der Waals surface area contributed by atoms with E-state index in [1.54, 1.807) is 26.0 Å². The number of H-pyrrole nitrogens is 1. The van der Waals surface area contributed by atoms with E-state index in [0.29, 0.717) is 28.5 Å². The Bertz CT molecular complexity index is 895. The maximum Gasteiger partial charge on any atom is 0.344 e. The molecule has 0 fully saturated rings. The van der Waals surface area contributed by atoms with E-state index in [2.05, 4.69) is 18.8 Å². The summed E-state index contributed by atoms with van der Waals surface area (Å²) in [6.45, 7) is 8.66. The van der Waals surface area contributed by atoms with Crippen LogP contribution in [0.1, 0.15) is 64.4 Å². The van der Waals surface area contributed by atoms with Crippen LogP contribution in [-0.4, -0.2) is 42.5 Å². The summed E-state index contributed by atoms with van der Waals surface area (Å²) in [6, 6.07) is 7.45. The molecule has 156 valence electrons. The van der Waals surface area contributed by atoms with Gasteiger partial charge in [-0.2, -0.15) is 0 Å². The van der Waals surface area contributed by atoms with Crippen LogP contribution in [0.5, 0.6) is 5.75 Å². The third kappa shape index (κ3) is 5.25. The topological polar surface area (TPSA) is 94.7 Å². The van der Waals surface area contributed by atoms with Gasteiger partial charge in [-0.05, 0) is 49.9 Å². The van der Waals surface area contributed by atoms with Gasteiger partial charge < -0.3 is 19.2 Å². The van der Waals surface area contributed by atoms with Crippen molar-refractivity contribution in [2.75, 3.05) is 13.7 Å². The molecule has 1 heterocycles.